The zero-order chi connectivity index (χ0) is 14.5. The largest absolute Gasteiger partial charge is 0.384 e. The number of nitrogens with one attached hydrogen (secondary N) is 2. The second-order valence-corrected chi connectivity index (χ2v) is 4.10. The minimum absolute atomic E-state index is 0.102. The first kappa shape index (κ1) is 13.5. The molecule has 0 saturated carbocycles. The molecule has 0 fully saturated rings. The van der Waals surface area contributed by atoms with Gasteiger partial charge < -0.3 is 10.3 Å². The van der Waals surface area contributed by atoms with Crippen LogP contribution in [0, 0.1) is 20.2 Å². The molecule has 1 aliphatic rings. The number of non-ortho nitro benzene ring substituents is 1. The Bertz CT molecular complexity index is 624. The average Bonchev–Trinajstić information content (AvgIpc) is 3.10. The van der Waals surface area contributed by atoms with E-state index in [2.05, 4.69) is 10.3 Å². The molecule has 8 heteroatoms. The molecule has 0 bridgehead atoms. The molecule has 0 aliphatic carbocycles. The van der Waals surface area contributed by atoms with Crippen LogP contribution in [0.25, 0.3) is 0 Å². The Hall–Kier alpha value is -2.90. The highest BCUT2D eigenvalue weighted by atomic mass is 16.6. The molecule has 0 atom stereocenters. The zero-order valence-electron chi connectivity index (χ0n) is 10.4. The summed E-state index contributed by atoms with van der Waals surface area (Å²) in [6, 6.07) is 6.33. The highest BCUT2D eigenvalue weighted by Gasteiger charge is 2.13. The van der Waals surface area contributed by atoms with E-state index in [9.17, 15) is 20.2 Å². The molecule has 2 aromatic rings. The van der Waals surface area contributed by atoms with Gasteiger partial charge in [-0.2, -0.15) is 0 Å². The Balaban J connectivity index is 0.000000160. The van der Waals surface area contributed by atoms with Crippen molar-refractivity contribution in [3.8, 4) is 0 Å². The topological polar surface area (TPSA) is 114 Å². The lowest BCUT2D eigenvalue weighted by Crippen LogP contribution is -1.90. The average molecular weight is 276 g/mol. The fraction of sp³-hybridized carbons (Fsp3) is 0.167. The molecule has 2 N–H and O–H groups in total. The van der Waals surface area contributed by atoms with Gasteiger partial charge in [-0.05, 0) is 18.1 Å². The summed E-state index contributed by atoms with van der Waals surface area (Å²) in [6.45, 7) is 0.885. The van der Waals surface area contributed by atoms with Crippen molar-refractivity contribution in [2.75, 3.05) is 11.9 Å². The quantitative estimate of drug-likeness (QED) is 0.646. The monoisotopic (exact) mass is 276 g/mol. The van der Waals surface area contributed by atoms with E-state index in [0.29, 0.717) is 0 Å². The van der Waals surface area contributed by atoms with Crippen LogP contribution in [0.1, 0.15) is 5.56 Å². The van der Waals surface area contributed by atoms with Crippen molar-refractivity contribution in [3.05, 3.63) is 62.5 Å². The van der Waals surface area contributed by atoms with Crippen molar-refractivity contribution < 1.29 is 9.85 Å². The van der Waals surface area contributed by atoms with Crippen LogP contribution in [0.15, 0.2) is 36.7 Å². The zero-order valence-corrected chi connectivity index (χ0v) is 10.4. The fourth-order valence-corrected chi connectivity index (χ4v) is 1.83. The van der Waals surface area contributed by atoms with Gasteiger partial charge >= 0.3 is 0 Å². The first-order valence-corrected chi connectivity index (χ1v) is 5.86. The number of fused-ring (bicyclic) bond motifs is 1. The molecule has 0 unspecified atom stereocenters. The lowest BCUT2D eigenvalue weighted by Gasteiger charge is -1.97. The Kier molecular flexibility index (Phi) is 3.94. The van der Waals surface area contributed by atoms with Crippen molar-refractivity contribution >= 4 is 17.1 Å². The molecule has 104 valence electrons. The van der Waals surface area contributed by atoms with Crippen LogP contribution in [0.4, 0.5) is 17.1 Å². The van der Waals surface area contributed by atoms with Crippen molar-refractivity contribution in [2.24, 2.45) is 0 Å². The van der Waals surface area contributed by atoms with Crippen LogP contribution in [0.5, 0.6) is 0 Å². The third-order valence-electron chi connectivity index (χ3n) is 2.80. The Labute approximate surface area is 113 Å². The van der Waals surface area contributed by atoms with Crippen LogP contribution < -0.4 is 5.32 Å². The predicted molar refractivity (Wildman–Crippen MR) is 72.7 cm³/mol. The van der Waals surface area contributed by atoms with Crippen molar-refractivity contribution in [1.29, 1.82) is 0 Å². The van der Waals surface area contributed by atoms with Gasteiger partial charge in [0, 0.05) is 36.6 Å². The maximum Gasteiger partial charge on any atom is 0.286 e. The minimum Gasteiger partial charge on any atom is -0.384 e. The van der Waals surface area contributed by atoms with Gasteiger partial charge in [0.05, 0.1) is 16.0 Å². The summed E-state index contributed by atoms with van der Waals surface area (Å²) in [5, 5.41) is 23.4. The molecule has 1 aliphatic heterocycles. The number of aromatic amines is 1. The van der Waals surface area contributed by atoms with Gasteiger partial charge in [-0.3, -0.25) is 20.2 Å². The number of rotatable bonds is 2. The van der Waals surface area contributed by atoms with Gasteiger partial charge in [0.25, 0.3) is 11.4 Å². The number of aromatic nitrogens is 1. The van der Waals surface area contributed by atoms with Crippen LogP contribution in [0.3, 0.4) is 0 Å². The normalized spacial score (nSPS) is 11.8. The standard InChI is InChI=1S/C8H8N2O2.C4H4N2O2/c11-10(12)7-1-2-8-6(5-7)3-4-9-8;7-6(8)4-1-2-5-3-4/h1-2,5,9H,3-4H2;1-3,5H. The smallest absolute Gasteiger partial charge is 0.286 e. The van der Waals surface area contributed by atoms with Gasteiger partial charge in [0.1, 0.15) is 0 Å². The second-order valence-electron chi connectivity index (χ2n) is 4.10. The van der Waals surface area contributed by atoms with Gasteiger partial charge in [-0.15, -0.1) is 0 Å². The molecule has 8 nitrogen and oxygen atoms in total. The van der Waals surface area contributed by atoms with Gasteiger partial charge in [-0.1, -0.05) is 0 Å². The third-order valence-corrected chi connectivity index (χ3v) is 2.80. The number of benzene rings is 1. The molecular formula is C12H12N4O4. The summed E-state index contributed by atoms with van der Waals surface area (Å²) in [5.41, 5.74) is 2.35. The molecule has 1 aromatic carbocycles. The molecule has 1 aromatic heterocycles. The number of hydrogen-bond acceptors (Lipinski definition) is 5. The predicted octanol–water partition coefficient (Wildman–Crippen LogP) is 2.49. The van der Waals surface area contributed by atoms with E-state index >= 15 is 0 Å². The number of anilines is 1. The molecule has 20 heavy (non-hydrogen) atoms. The molecular weight excluding hydrogens is 264 g/mol. The van der Waals surface area contributed by atoms with Gasteiger partial charge in [-0.25, -0.2) is 0 Å². The first-order valence-electron chi connectivity index (χ1n) is 5.86. The van der Waals surface area contributed by atoms with E-state index in [-0.39, 0.29) is 16.3 Å². The van der Waals surface area contributed by atoms with Crippen molar-refractivity contribution in [3.63, 3.8) is 0 Å². The number of nitro groups is 2. The number of nitro benzene ring substituents is 1. The summed E-state index contributed by atoms with van der Waals surface area (Å²) in [4.78, 5) is 22.0. The first-order chi connectivity index (χ1) is 9.58. The maximum atomic E-state index is 10.4. The second kappa shape index (κ2) is 5.83. The lowest BCUT2D eigenvalue weighted by atomic mass is 10.1. The van der Waals surface area contributed by atoms with Gasteiger partial charge in [0.15, 0.2) is 0 Å². The molecule has 3 rings (SSSR count). The van der Waals surface area contributed by atoms with Crippen molar-refractivity contribution in [1.82, 2.24) is 4.98 Å². The fourth-order valence-electron chi connectivity index (χ4n) is 1.83. The summed E-state index contributed by atoms with van der Waals surface area (Å²) < 4.78 is 0. The minimum atomic E-state index is -0.448. The molecule has 2 heterocycles. The van der Waals surface area contributed by atoms with E-state index in [1.807, 2.05) is 0 Å². The van der Waals surface area contributed by atoms with Crippen LogP contribution >= 0.6 is 0 Å². The summed E-state index contributed by atoms with van der Waals surface area (Å²) in [7, 11) is 0. The van der Waals surface area contributed by atoms with Gasteiger partial charge in [0.2, 0.25) is 0 Å². The van der Waals surface area contributed by atoms with E-state index in [0.717, 1.165) is 24.2 Å². The van der Waals surface area contributed by atoms with E-state index < -0.39 is 4.92 Å². The summed E-state index contributed by atoms with van der Waals surface area (Å²) in [6.07, 6.45) is 3.73. The molecule has 0 amide bonds. The Morgan fingerprint density at radius 1 is 1.05 bits per heavy atom. The van der Waals surface area contributed by atoms with Crippen molar-refractivity contribution in [2.45, 2.75) is 6.42 Å². The van der Waals surface area contributed by atoms with E-state index in [4.69, 9.17) is 0 Å². The van der Waals surface area contributed by atoms with Crippen LogP contribution in [0.2, 0.25) is 0 Å². The van der Waals surface area contributed by atoms with E-state index in [1.54, 1.807) is 12.1 Å². The van der Waals surface area contributed by atoms with Crippen LogP contribution in [-0.2, 0) is 6.42 Å². The Morgan fingerprint density at radius 2 is 1.80 bits per heavy atom. The van der Waals surface area contributed by atoms with Crippen LogP contribution in [-0.4, -0.2) is 21.4 Å². The lowest BCUT2D eigenvalue weighted by molar-refractivity contribution is -0.385. The highest BCUT2D eigenvalue weighted by molar-refractivity contribution is 5.59. The summed E-state index contributed by atoms with van der Waals surface area (Å²) >= 11 is 0. The summed E-state index contributed by atoms with van der Waals surface area (Å²) in [5.74, 6) is 0. The highest BCUT2D eigenvalue weighted by Crippen LogP contribution is 2.25. The Morgan fingerprint density at radius 3 is 2.35 bits per heavy atom. The maximum absolute atomic E-state index is 10.4. The number of nitrogens with zero attached hydrogens (tertiary/aromatic N) is 2. The third kappa shape index (κ3) is 3.10. The molecule has 0 radical (unpaired) electrons. The molecule has 0 spiro atoms. The van der Waals surface area contributed by atoms with E-state index in [1.165, 1.54) is 24.5 Å². The number of H-pyrrole nitrogens is 1. The molecule has 0 saturated heterocycles. The number of hydrogen-bond donors (Lipinski definition) is 2. The SMILES string of the molecule is O=[N+]([O-])c1cc[nH]c1.O=[N+]([O-])c1ccc2c(c1)CCN2.